The van der Waals surface area contributed by atoms with Crippen LogP contribution in [0.15, 0.2) is 36.4 Å². The smallest absolute Gasteiger partial charge is 0.468 e. The van der Waals surface area contributed by atoms with Gasteiger partial charge in [0.2, 0.25) is 0 Å². The third-order valence-corrected chi connectivity index (χ3v) is 6.67. The van der Waals surface area contributed by atoms with Crippen LogP contribution in [0.1, 0.15) is 46.1 Å². The van der Waals surface area contributed by atoms with Gasteiger partial charge in [0.25, 0.3) is 0 Å². The number of carbonyl (C=O) groups is 1. The van der Waals surface area contributed by atoms with Crippen LogP contribution in [0.25, 0.3) is 11.1 Å². The van der Waals surface area contributed by atoms with Gasteiger partial charge in [-0.05, 0) is 63.8 Å². The summed E-state index contributed by atoms with van der Waals surface area (Å²) >= 11 is 0. The molecule has 0 radical (unpaired) electrons. The maximum Gasteiger partial charge on any atom is 0.497 e. The van der Waals surface area contributed by atoms with Crippen LogP contribution in [-0.4, -0.2) is 31.4 Å². The third-order valence-electron chi connectivity index (χ3n) is 6.67. The van der Waals surface area contributed by atoms with Crippen molar-refractivity contribution in [2.75, 3.05) is 7.11 Å². The summed E-state index contributed by atoms with van der Waals surface area (Å²) in [6, 6.07) is 9.25. The molecule has 0 spiro atoms. The molecule has 0 N–H and O–H groups in total. The minimum Gasteiger partial charge on any atom is -0.468 e. The lowest BCUT2D eigenvalue weighted by Crippen LogP contribution is -2.41. The van der Waals surface area contributed by atoms with Crippen molar-refractivity contribution in [3.8, 4) is 11.1 Å². The first-order valence-electron chi connectivity index (χ1n) is 10.0. The minimum absolute atomic E-state index is 0.0362. The summed E-state index contributed by atoms with van der Waals surface area (Å²) < 4.78 is 46.5. The van der Waals surface area contributed by atoms with Crippen LogP contribution >= 0.6 is 0 Å². The summed E-state index contributed by atoms with van der Waals surface area (Å²) in [7, 11) is 0.395. The first kappa shape index (κ1) is 21.0. The SMILES string of the molecule is COC(=O)C1(c2ccc(-c3cc(F)c(B4OC(C)(C)C(C)(C)O4)cc3F)cc2)CC1. The van der Waals surface area contributed by atoms with Crippen LogP contribution < -0.4 is 5.46 Å². The van der Waals surface area contributed by atoms with Crippen LogP contribution in [0.4, 0.5) is 8.78 Å². The van der Waals surface area contributed by atoms with Gasteiger partial charge in [0.15, 0.2) is 0 Å². The van der Waals surface area contributed by atoms with Crippen LogP contribution in [0.5, 0.6) is 0 Å². The zero-order valence-corrected chi connectivity index (χ0v) is 17.8. The van der Waals surface area contributed by atoms with Crippen molar-refractivity contribution in [3.05, 3.63) is 53.6 Å². The second-order valence-corrected chi connectivity index (χ2v) is 9.09. The minimum atomic E-state index is -0.976. The molecule has 1 aliphatic carbocycles. The van der Waals surface area contributed by atoms with Crippen LogP contribution in [0.3, 0.4) is 0 Å². The number of carbonyl (C=O) groups excluding carboxylic acids is 1. The average Bonchev–Trinajstić information content (AvgIpc) is 3.46. The van der Waals surface area contributed by atoms with Gasteiger partial charge in [-0.15, -0.1) is 0 Å². The molecular formula is C23H25BF2O4. The summed E-state index contributed by atoms with van der Waals surface area (Å²) in [5.41, 5.74) is -0.362. The molecular weight excluding hydrogens is 389 g/mol. The van der Waals surface area contributed by atoms with Gasteiger partial charge in [-0.2, -0.15) is 0 Å². The lowest BCUT2D eigenvalue weighted by molar-refractivity contribution is -0.143. The first-order valence-corrected chi connectivity index (χ1v) is 10.0. The molecule has 4 nitrogen and oxygen atoms in total. The highest BCUT2D eigenvalue weighted by Gasteiger charge is 2.53. The van der Waals surface area contributed by atoms with Gasteiger partial charge in [0, 0.05) is 11.0 Å². The molecule has 2 fully saturated rings. The van der Waals surface area contributed by atoms with E-state index in [0.717, 1.165) is 30.5 Å². The van der Waals surface area contributed by atoms with Crippen molar-refractivity contribution in [2.45, 2.75) is 57.2 Å². The van der Waals surface area contributed by atoms with Crippen molar-refractivity contribution in [2.24, 2.45) is 0 Å². The Morgan fingerprint density at radius 1 is 0.967 bits per heavy atom. The highest BCUT2D eigenvalue weighted by Crippen LogP contribution is 2.49. The van der Waals surface area contributed by atoms with E-state index in [0.29, 0.717) is 5.56 Å². The Balaban J connectivity index is 1.63. The molecule has 4 rings (SSSR count). The van der Waals surface area contributed by atoms with Gasteiger partial charge in [-0.3, -0.25) is 4.79 Å². The quantitative estimate of drug-likeness (QED) is 0.558. The number of benzene rings is 2. The number of methoxy groups -OCH3 is 1. The van der Waals surface area contributed by atoms with Gasteiger partial charge in [-0.25, -0.2) is 8.78 Å². The molecule has 1 heterocycles. The Bertz CT molecular complexity index is 981. The van der Waals surface area contributed by atoms with E-state index < -0.39 is 35.4 Å². The molecule has 2 aliphatic rings. The predicted molar refractivity (Wildman–Crippen MR) is 110 cm³/mol. The summed E-state index contributed by atoms with van der Waals surface area (Å²) in [5.74, 6) is -1.43. The molecule has 30 heavy (non-hydrogen) atoms. The second-order valence-electron chi connectivity index (χ2n) is 9.09. The molecule has 0 unspecified atom stereocenters. The lowest BCUT2D eigenvalue weighted by Gasteiger charge is -2.32. The van der Waals surface area contributed by atoms with Crippen LogP contribution in [0, 0.1) is 11.6 Å². The van der Waals surface area contributed by atoms with E-state index in [2.05, 4.69) is 0 Å². The van der Waals surface area contributed by atoms with E-state index >= 15 is 0 Å². The monoisotopic (exact) mass is 414 g/mol. The molecule has 7 heteroatoms. The largest absolute Gasteiger partial charge is 0.497 e. The molecule has 0 amide bonds. The van der Waals surface area contributed by atoms with Crippen LogP contribution in [0.2, 0.25) is 0 Å². The molecule has 0 atom stereocenters. The summed E-state index contributed by atoms with van der Waals surface area (Å²) in [6.07, 6.45) is 1.45. The van der Waals surface area contributed by atoms with Gasteiger partial charge in [0.1, 0.15) is 11.6 Å². The molecule has 1 saturated carbocycles. The Morgan fingerprint density at radius 2 is 1.53 bits per heavy atom. The number of ether oxygens (including phenoxy) is 1. The molecule has 158 valence electrons. The highest BCUT2D eigenvalue weighted by atomic mass is 19.1. The molecule has 1 saturated heterocycles. The van der Waals surface area contributed by atoms with E-state index in [-0.39, 0.29) is 17.0 Å². The normalized spacial score (nSPS) is 20.8. The summed E-state index contributed by atoms with van der Waals surface area (Å²) in [5, 5.41) is 0. The molecule has 2 aromatic rings. The van der Waals surface area contributed by atoms with Gasteiger partial charge in [-0.1, -0.05) is 24.3 Å². The van der Waals surface area contributed by atoms with Gasteiger partial charge in [0.05, 0.1) is 23.7 Å². The van der Waals surface area contributed by atoms with Crippen LogP contribution in [-0.2, 0) is 24.3 Å². The van der Waals surface area contributed by atoms with E-state index in [4.69, 9.17) is 14.0 Å². The molecule has 0 aromatic heterocycles. The fourth-order valence-corrected chi connectivity index (χ4v) is 3.83. The third kappa shape index (κ3) is 3.24. The predicted octanol–water partition coefficient (Wildman–Crippen LogP) is 4.14. The maximum atomic E-state index is 14.9. The van der Waals surface area contributed by atoms with Crippen molar-refractivity contribution >= 4 is 18.6 Å². The number of halogens is 2. The van der Waals surface area contributed by atoms with Gasteiger partial charge < -0.3 is 14.0 Å². The van der Waals surface area contributed by atoms with E-state index in [1.807, 2.05) is 27.7 Å². The van der Waals surface area contributed by atoms with E-state index in [9.17, 15) is 13.6 Å². The Labute approximate surface area is 175 Å². The zero-order valence-electron chi connectivity index (χ0n) is 17.8. The zero-order chi connectivity index (χ0) is 21.9. The molecule has 1 aliphatic heterocycles. The Morgan fingerprint density at radius 3 is 2.03 bits per heavy atom. The fourth-order valence-electron chi connectivity index (χ4n) is 3.83. The Kier molecular flexibility index (Phi) is 4.82. The Hall–Kier alpha value is -2.25. The maximum absolute atomic E-state index is 14.9. The number of hydrogen-bond donors (Lipinski definition) is 0. The van der Waals surface area contributed by atoms with Crippen molar-refractivity contribution in [3.63, 3.8) is 0 Å². The highest BCUT2D eigenvalue weighted by molar-refractivity contribution is 6.62. The topological polar surface area (TPSA) is 44.8 Å². The van der Waals surface area contributed by atoms with Gasteiger partial charge >= 0.3 is 13.1 Å². The van der Waals surface area contributed by atoms with E-state index in [1.165, 1.54) is 7.11 Å². The first-order chi connectivity index (χ1) is 14.0. The van der Waals surface area contributed by atoms with Crippen molar-refractivity contribution < 1.29 is 27.6 Å². The summed E-state index contributed by atoms with van der Waals surface area (Å²) in [6.45, 7) is 7.44. The average molecular weight is 414 g/mol. The molecule has 0 bridgehead atoms. The molecule has 2 aromatic carbocycles. The number of esters is 1. The fraction of sp³-hybridized carbons (Fsp3) is 0.435. The lowest BCUT2D eigenvalue weighted by atomic mass is 9.77. The van der Waals surface area contributed by atoms with Crippen molar-refractivity contribution in [1.82, 2.24) is 0 Å². The standard InChI is InChI=1S/C23H25BF2O4/c1-21(2)22(3,4)30-24(29-21)17-13-18(25)16(12-19(17)26)14-6-8-15(9-7-14)23(10-11-23)20(27)28-5/h6-9,12-13H,10-11H2,1-5H3. The van der Waals surface area contributed by atoms with Crippen molar-refractivity contribution in [1.29, 1.82) is 0 Å². The van der Waals surface area contributed by atoms with E-state index in [1.54, 1.807) is 24.3 Å². The number of rotatable bonds is 4. The number of hydrogen-bond acceptors (Lipinski definition) is 4. The summed E-state index contributed by atoms with van der Waals surface area (Å²) in [4.78, 5) is 12.0. The second kappa shape index (κ2) is 6.89.